The topological polar surface area (TPSA) is 21.7 Å². The second-order valence-electron chi connectivity index (χ2n) is 4.40. The third kappa shape index (κ3) is 4.64. The molecule has 0 aromatic rings. The molecule has 1 heterocycles. The molecule has 3 nitrogen and oxygen atoms in total. The minimum atomic E-state index is -0.107. The Hall–Kier alpha value is -0.380. The number of ether oxygens (including phenoxy) is 2. The summed E-state index contributed by atoms with van der Waals surface area (Å²) in [6, 6.07) is 0.537. The highest BCUT2D eigenvalue weighted by molar-refractivity contribution is 4.93. The molecule has 0 aliphatic carbocycles. The van der Waals surface area contributed by atoms with Crippen molar-refractivity contribution >= 4 is 0 Å². The molecule has 3 heteroatoms. The van der Waals surface area contributed by atoms with Gasteiger partial charge >= 0.3 is 0 Å². The van der Waals surface area contributed by atoms with Crippen molar-refractivity contribution in [3.63, 3.8) is 0 Å². The Morgan fingerprint density at radius 3 is 2.31 bits per heavy atom. The molecule has 1 aliphatic heterocycles. The molecule has 1 atom stereocenters. The van der Waals surface area contributed by atoms with E-state index in [0.717, 1.165) is 6.42 Å². The predicted molar refractivity (Wildman–Crippen MR) is 66.4 cm³/mol. The van der Waals surface area contributed by atoms with Gasteiger partial charge in [0.15, 0.2) is 6.29 Å². The van der Waals surface area contributed by atoms with Crippen molar-refractivity contribution in [2.45, 2.75) is 44.9 Å². The first-order chi connectivity index (χ1) is 7.77. The Morgan fingerprint density at radius 2 is 1.75 bits per heavy atom. The summed E-state index contributed by atoms with van der Waals surface area (Å²) in [5.41, 5.74) is 0. The lowest BCUT2D eigenvalue weighted by atomic mass is 10.1. The van der Waals surface area contributed by atoms with Gasteiger partial charge in [0.2, 0.25) is 0 Å². The maximum absolute atomic E-state index is 5.14. The molecule has 1 saturated heterocycles. The molecule has 1 unspecified atom stereocenters. The van der Waals surface area contributed by atoms with Crippen LogP contribution >= 0.6 is 0 Å². The quantitative estimate of drug-likeness (QED) is 0.514. The van der Waals surface area contributed by atoms with E-state index in [4.69, 9.17) is 9.47 Å². The molecule has 16 heavy (non-hydrogen) atoms. The van der Waals surface area contributed by atoms with Crippen molar-refractivity contribution in [3.05, 3.63) is 12.2 Å². The molecule has 0 spiro atoms. The van der Waals surface area contributed by atoms with Crippen molar-refractivity contribution in [3.8, 4) is 0 Å². The Labute approximate surface area is 99.4 Å². The Bertz CT molecular complexity index is 196. The SMILES string of the molecule is COC(C/C=C/C(C)N1CCCCC1)OC. The number of hydrogen-bond acceptors (Lipinski definition) is 3. The van der Waals surface area contributed by atoms with E-state index < -0.39 is 0 Å². The molecule has 0 bridgehead atoms. The van der Waals surface area contributed by atoms with Gasteiger partial charge in [0.1, 0.15) is 0 Å². The average molecular weight is 227 g/mol. The molecular weight excluding hydrogens is 202 g/mol. The molecule has 0 N–H and O–H groups in total. The fourth-order valence-electron chi connectivity index (χ4n) is 2.12. The third-order valence-corrected chi connectivity index (χ3v) is 3.24. The summed E-state index contributed by atoms with van der Waals surface area (Å²) < 4.78 is 10.3. The van der Waals surface area contributed by atoms with Gasteiger partial charge in [0.25, 0.3) is 0 Å². The largest absolute Gasteiger partial charge is 0.356 e. The van der Waals surface area contributed by atoms with E-state index in [2.05, 4.69) is 24.0 Å². The highest BCUT2D eigenvalue weighted by Crippen LogP contribution is 2.13. The normalized spacial score (nSPS) is 20.8. The third-order valence-electron chi connectivity index (χ3n) is 3.24. The summed E-state index contributed by atoms with van der Waals surface area (Å²) in [5.74, 6) is 0. The molecule has 0 saturated carbocycles. The summed E-state index contributed by atoms with van der Waals surface area (Å²) >= 11 is 0. The standard InChI is InChI=1S/C13H25NO2/c1-12(14-10-5-4-6-11-14)8-7-9-13(15-2)16-3/h7-8,12-13H,4-6,9-11H2,1-3H3/b8-7+. The van der Waals surface area contributed by atoms with Crippen LogP contribution < -0.4 is 0 Å². The summed E-state index contributed by atoms with van der Waals surface area (Å²) in [6.45, 7) is 4.74. The summed E-state index contributed by atoms with van der Waals surface area (Å²) in [7, 11) is 3.35. The van der Waals surface area contributed by atoms with Crippen LogP contribution in [0.2, 0.25) is 0 Å². The number of piperidine rings is 1. The first-order valence-electron chi connectivity index (χ1n) is 6.24. The Kier molecular flexibility index (Phi) is 6.69. The number of nitrogens with zero attached hydrogens (tertiary/aromatic N) is 1. The van der Waals surface area contributed by atoms with Crippen LogP contribution in [0.3, 0.4) is 0 Å². The molecule has 0 aromatic heterocycles. The molecule has 1 fully saturated rings. The lowest BCUT2D eigenvalue weighted by Crippen LogP contribution is -2.36. The molecule has 0 aromatic carbocycles. The zero-order chi connectivity index (χ0) is 11.8. The van der Waals surface area contributed by atoms with Crippen LogP contribution in [0.4, 0.5) is 0 Å². The van der Waals surface area contributed by atoms with E-state index in [9.17, 15) is 0 Å². The van der Waals surface area contributed by atoms with Crippen molar-refractivity contribution in [2.75, 3.05) is 27.3 Å². The smallest absolute Gasteiger partial charge is 0.160 e. The monoisotopic (exact) mass is 227 g/mol. The van der Waals surface area contributed by atoms with Gasteiger partial charge in [-0.1, -0.05) is 18.6 Å². The average Bonchev–Trinajstić information content (AvgIpc) is 2.35. The molecule has 0 amide bonds. The van der Waals surface area contributed by atoms with Crippen LogP contribution in [-0.4, -0.2) is 44.5 Å². The maximum atomic E-state index is 5.14. The van der Waals surface area contributed by atoms with Gasteiger partial charge in [-0.3, -0.25) is 4.90 Å². The second kappa shape index (κ2) is 7.82. The maximum Gasteiger partial charge on any atom is 0.160 e. The van der Waals surface area contributed by atoms with Crippen LogP contribution in [-0.2, 0) is 9.47 Å². The predicted octanol–water partition coefficient (Wildman–Crippen LogP) is 2.43. The van der Waals surface area contributed by atoms with E-state index in [1.807, 2.05) is 0 Å². The lowest BCUT2D eigenvalue weighted by molar-refractivity contribution is -0.0986. The minimum absolute atomic E-state index is 0.107. The van der Waals surface area contributed by atoms with Crippen molar-refractivity contribution in [1.29, 1.82) is 0 Å². The highest BCUT2D eigenvalue weighted by Gasteiger charge is 2.14. The fraction of sp³-hybridized carbons (Fsp3) is 0.846. The summed E-state index contributed by atoms with van der Waals surface area (Å²) in [5, 5.41) is 0. The van der Waals surface area contributed by atoms with Gasteiger partial charge in [-0.25, -0.2) is 0 Å². The van der Waals surface area contributed by atoms with Gasteiger partial charge in [-0.05, 0) is 32.9 Å². The van der Waals surface area contributed by atoms with Crippen LogP contribution in [0.5, 0.6) is 0 Å². The lowest BCUT2D eigenvalue weighted by Gasteiger charge is -2.30. The van der Waals surface area contributed by atoms with E-state index in [1.54, 1.807) is 14.2 Å². The molecule has 94 valence electrons. The van der Waals surface area contributed by atoms with Crippen molar-refractivity contribution in [2.24, 2.45) is 0 Å². The Balaban J connectivity index is 2.26. The summed E-state index contributed by atoms with van der Waals surface area (Å²) in [6.07, 6.45) is 9.22. The second-order valence-corrected chi connectivity index (χ2v) is 4.40. The minimum Gasteiger partial charge on any atom is -0.356 e. The van der Waals surface area contributed by atoms with Gasteiger partial charge in [-0.2, -0.15) is 0 Å². The number of hydrogen-bond donors (Lipinski definition) is 0. The molecule has 0 radical (unpaired) electrons. The van der Waals surface area contributed by atoms with Gasteiger partial charge < -0.3 is 9.47 Å². The molecule has 1 rings (SSSR count). The van der Waals surface area contributed by atoms with Gasteiger partial charge in [0.05, 0.1) is 0 Å². The van der Waals surface area contributed by atoms with Crippen molar-refractivity contribution < 1.29 is 9.47 Å². The van der Waals surface area contributed by atoms with Gasteiger partial charge in [0, 0.05) is 26.7 Å². The van der Waals surface area contributed by atoms with Gasteiger partial charge in [-0.15, -0.1) is 0 Å². The number of likely N-dealkylation sites (tertiary alicyclic amines) is 1. The van der Waals surface area contributed by atoms with Crippen LogP contribution in [0.1, 0.15) is 32.6 Å². The van der Waals surface area contributed by atoms with Crippen molar-refractivity contribution in [1.82, 2.24) is 4.90 Å². The highest BCUT2D eigenvalue weighted by atomic mass is 16.7. The molecule has 1 aliphatic rings. The zero-order valence-electron chi connectivity index (χ0n) is 10.8. The first kappa shape index (κ1) is 13.7. The molecular formula is C13H25NO2. The van der Waals surface area contributed by atoms with E-state index >= 15 is 0 Å². The fourth-order valence-corrected chi connectivity index (χ4v) is 2.12. The first-order valence-corrected chi connectivity index (χ1v) is 6.24. The Morgan fingerprint density at radius 1 is 1.12 bits per heavy atom. The number of rotatable bonds is 6. The van der Waals surface area contributed by atoms with E-state index in [0.29, 0.717) is 6.04 Å². The van der Waals surface area contributed by atoms with E-state index in [-0.39, 0.29) is 6.29 Å². The van der Waals surface area contributed by atoms with Crippen LogP contribution in [0.25, 0.3) is 0 Å². The van der Waals surface area contributed by atoms with Crippen LogP contribution in [0.15, 0.2) is 12.2 Å². The van der Waals surface area contributed by atoms with Crippen LogP contribution in [0, 0.1) is 0 Å². The van der Waals surface area contributed by atoms with E-state index in [1.165, 1.54) is 32.4 Å². The summed E-state index contributed by atoms with van der Waals surface area (Å²) in [4.78, 5) is 2.54. The zero-order valence-corrected chi connectivity index (χ0v) is 10.8. The number of methoxy groups -OCH3 is 2.